The van der Waals surface area contributed by atoms with Crippen molar-refractivity contribution in [1.29, 1.82) is 0 Å². The molecule has 0 radical (unpaired) electrons. The number of rotatable bonds is 3. The third-order valence-corrected chi connectivity index (χ3v) is 5.02. The number of nitrogens with zero attached hydrogens (tertiary/aromatic N) is 1. The van der Waals surface area contributed by atoms with E-state index in [1.807, 2.05) is 0 Å². The van der Waals surface area contributed by atoms with Crippen molar-refractivity contribution in [3.63, 3.8) is 0 Å². The third kappa shape index (κ3) is 3.23. The Kier molecular flexibility index (Phi) is 4.87. The normalized spacial score (nSPS) is 34.8. The quantitative estimate of drug-likeness (QED) is 0.813. The Morgan fingerprint density at radius 1 is 1.24 bits per heavy atom. The number of hydrogen-bond donors (Lipinski definition) is 1. The molecular weight excluding hydrogens is 208 g/mol. The molecule has 1 saturated carbocycles. The van der Waals surface area contributed by atoms with E-state index in [1.54, 1.807) is 0 Å². The van der Waals surface area contributed by atoms with Crippen LogP contribution in [0.25, 0.3) is 0 Å². The highest BCUT2D eigenvalue weighted by Gasteiger charge is 2.32. The maximum absolute atomic E-state index is 3.81. The van der Waals surface area contributed by atoms with Gasteiger partial charge in [-0.3, -0.25) is 4.90 Å². The van der Waals surface area contributed by atoms with Gasteiger partial charge in [-0.2, -0.15) is 0 Å². The Labute approximate surface area is 107 Å². The van der Waals surface area contributed by atoms with Crippen LogP contribution in [0.3, 0.4) is 0 Å². The van der Waals surface area contributed by atoms with Gasteiger partial charge in [0.2, 0.25) is 0 Å². The van der Waals surface area contributed by atoms with E-state index < -0.39 is 0 Å². The van der Waals surface area contributed by atoms with E-state index in [2.05, 4.69) is 31.0 Å². The van der Waals surface area contributed by atoms with Crippen LogP contribution >= 0.6 is 0 Å². The molecule has 0 aromatic carbocycles. The molecular formula is C15H30N2. The molecule has 1 aliphatic carbocycles. The van der Waals surface area contributed by atoms with Gasteiger partial charge in [-0.25, -0.2) is 0 Å². The Balaban J connectivity index is 1.91. The van der Waals surface area contributed by atoms with Crippen LogP contribution in [0.15, 0.2) is 0 Å². The van der Waals surface area contributed by atoms with E-state index in [9.17, 15) is 0 Å². The van der Waals surface area contributed by atoms with E-state index >= 15 is 0 Å². The Bertz CT molecular complexity index is 219. The first-order valence-electron chi connectivity index (χ1n) is 7.71. The minimum Gasteiger partial charge on any atom is -0.311 e. The summed E-state index contributed by atoms with van der Waals surface area (Å²) in [7, 11) is 0. The fourth-order valence-corrected chi connectivity index (χ4v) is 3.61. The van der Waals surface area contributed by atoms with Gasteiger partial charge in [0.25, 0.3) is 0 Å². The minimum absolute atomic E-state index is 0.713. The van der Waals surface area contributed by atoms with Gasteiger partial charge >= 0.3 is 0 Å². The molecule has 3 atom stereocenters. The molecule has 2 fully saturated rings. The fraction of sp³-hybridized carbons (Fsp3) is 1.00. The zero-order chi connectivity index (χ0) is 12.3. The lowest BCUT2D eigenvalue weighted by Crippen LogP contribution is -2.60. The van der Waals surface area contributed by atoms with Crippen LogP contribution in [0.1, 0.15) is 59.3 Å². The Morgan fingerprint density at radius 2 is 1.94 bits per heavy atom. The molecule has 17 heavy (non-hydrogen) atoms. The average molecular weight is 238 g/mol. The molecule has 1 aliphatic heterocycles. The Morgan fingerprint density at radius 3 is 2.59 bits per heavy atom. The summed E-state index contributed by atoms with van der Waals surface area (Å²) in [6.07, 6.45) is 8.58. The van der Waals surface area contributed by atoms with Gasteiger partial charge in [-0.1, -0.05) is 26.2 Å². The summed E-state index contributed by atoms with van der Waals surface area (Å²) >= 11 is 0. The van der Waals surface area contributed by atoms with Gasteiger partial charge in [0.15, 0.2) is 0 Å². The number of piperazine rings is 1. The van der Waals surface area contributed by atoms with Gasteiger partial charge < -0.3 is 5.32 Å². The summed E-state index contributed by atoms with van der Waals surface area (Å²) in [6, 6.07) is 2.23. The molecule has 0 aromatic rings. The van der Waals surface area contributed by atoms with Crippen LogP contribution in [0.2, 0.25) is 0 Å². The summed E-state index contributed by atoms with van der Waals surface area (Å²) < 4.78 is 0. The van der Waals surface area contributed by atoms with Gasteiger partial charge in [-0.05, 0) is 39.0 Å². The average Bonchev–Trinajstić information content (AvgIpc) is 2.39. The first-order chi connectivity index (χ1) is 8.22. The maximum Gasteiger partial charge on any atom is 0.0224 e. The van der Waals surface area contributed by atoms with Crippen LogP contribution in [-0.4, -0.2) is 36.1 Å². The maximum atomic E-state index is 3.81. The smallest absolute Gasteiger partial charge is 0.0224 e. The highest BCUT2D eigenvalue weighted by atomic mass is 15.2. The molecule has 0 bridgehead atoms. The lowest BCUT2D eigenvalue weighted by Gasteiger charge is -2.45. The van der Waals surface area contributed by atoms with Gasteiger partial charge in [0.05, 0.1) is 0 Å². The molecule has 100 valence electrons. The van der Waals surface area contributed by atoms with Gasteiger partial charge in [0.1, 0.15) is 0 Å². The summed E-state index contributed by atoms with van der Waals surface area (Å²) in [6.45, 7) is 9.54. The monoisotopic (exact) mass is 238 g/mol. The highest BCUT2D eigenvalue weighted by Crippen LogP contribution is 2.29. The summed E-state index contributed by atoms with van der Waals surface area (Å²) in [5.74, 6) is 0.947. The van der Waals surface area contributed by atoms with Gasteiger partial charge in [0, 0.05) is 31.2 Å². The molecule has 2 nitrogen and oxygen atoms in total. The van der Waals surface area contributed by atoms with E-state index in [0.29, 0.717) is 6.04 Å². The molecule has 0 aromatic heterocycles. The molecule has 1 heterocycles. The predicted molar refractivity (Wildman–Crippen MR) is 74.3 cm³/mol. The zero-order valence-corrected chi connectivity index (χ0v) is 11.9. The third-order valence-electron chi connectivity index (χ3n) is 5.02. The molecule has 2 rings (SSSR count). The lowest BCUT2D eigenvalue weighted by atomic mass is 9.82. The number of hydrogen-bond acceptors (Lipinski definition) is 2. The standard InChI is InChI=1S/C15H30N2/c1-4-12(2)17-11-15(16-10-13(17)3)14-8-6-5-7-9-14/h12-16H,4-11H2,1-3H3. The van der Waals surface area contributed by atoms with Crippen molar-refractivity contribution in [2.45, 2.75) is 77.4 Å². The van der Waals surface area contributed by atoms with Crippen LogP contribution < -0.4 is 5.32 Å². The van der Waals surface area contributed by atoms with Crippen molar-refractivity contribution < 1.29 is 0 Å². The predicted octanol–water partition coefficient (Wildman–Crippen LogP) is 3.03. The summed E-state index contributed by atoms with van der Waals surface area (Å²) in [5, 5.41) is 3.81. The van der Waals surface area contributed by atoms with E-state index in [-0.39, 0.29) is 0 Å². The van der Waals surface area contributed by atoms with E-state index in [4.69, 9.17) is 0 Å². The minimum atomic E-state index is 0.713. The molecule has 3 unspecified atom stereocenters. The lowest BCUT2D eigenvalue weighted by molar-refractivity contribution is 0.0706. The van der Waals surface area contributed by atoms with Crippen LogP contribution in [0.4, 0.5) is 0 Å². The van der Waals surface area contributed by atoms with Crippen LogP contribution in [0, 0.1) is 5.92 Å². The Hall–Kier alpha value is -0.0800. The summed E-state index contributed by atoms with van der Waals surface area (Å²) in [4.78, 5) is 2.73. The molecule has 1 N–H and O–H groups in total. The van der Waals surface area contributed by atoms with Crippen molar-refractivity contribution in [2.24, 2.45) is 5.92 Å². The molecule has 0 spiro atoms. The second-order valence-corrected chi connectivity index (χ2v) is 6.22. The topological polar surface area (TPSA) is 15.3 Å². The first kappa shape index (κ1) is 13.4. The highest BCUT2D eigenvalue weighted by molar-refractivity contribution is 4.90. The number of nitrogens with one attached hydrogen (secondary N) is 1. The fourth-order valence-electron chi connectivity index (χ4n) is 3.61. The van der Waals surface area contributed by atoms with Crippen LogP contribution in [-0.2, 0) is 0 Å². The SMILES string of the molecule is CCC(C)N1CC(C2CCCCC2)NCC1C. The molecule has 2 aliphatic rings. The summed E-state index contributed by atoms with van der Waals surface area (Å²) in [5.41, 5.74) is 0. The molecule has 0 amide bonds. The van der Waals surface area contributed by atoms with Crippen molar-refractivity contribution in [1.82, 2.24) is 10.2 Å². The molecule has 1 saturated heterocycles. The van der Waals surface area contributed by atoms with Crippen molar-refractivity contribution >= 4 is 0 Å². The first-order valence-corrected chi connectivity index (χ1v) is 7.71. The van der Waals surface area contributed by atoms with Crippen molar-refractivity contribution in [3.05, 3.63) is 0 Å². The van der Waals surface area contributed by atoms with Crippen molar-refractivity contribution in [3.8, 4) is 0 Å². The van der Waals surface area contributed by atoms with E-state index in [1.165, 1.54) is 51.6 Å². The van der Waals surface area contributed by atoms with Crippen LogP contribution in [0.5, 0.6) is 0 Å². The molecule has 2 heteroatoms. The second kappa shape index (κ2) is 6.19. The van der Waals surface area contributed by atoms with E-state index in [0.717, 1.165) is 18.0 Å². The largest absolute Gasteiger partial charge is 0.311 e. The van der Waals surface area contributed by atoms with Gasteiger partial charge in [-0.15, -0.1) is 0 Å². The zero-order valence-electron chi connectivity index (χ0n) is 11.9. The second-order valence-electron chi connectivity index (χ2n) is 6.22. The van der Waals surface area contributed by atoms with Crippen molar-refractivity contribution in [2.75, 3.05) is 13.1 Å².